The van der Waals surface area contributed by atoms with E-state index in [1.54, 1.807) is 255 Å². The number of aromatic nitrogens is 2. The van der Waals surface area contributed by atoms with Crippen molar-refractivity contribution in [1.82, 2.24) is 9.97 Å². The molecule has 20 nitrogen and oxygen atoms in total. The summed E-state index contributed by atoms with van der Waals surface area (Å²) in [6.07, 6.45) is 3.60. The van der Waals surface area contributed by atoms with Gasteiger partial charge in [0.25, 0.3) is 0 Å². The topological polar surface area (TPSA) is 241 Å². The van der Waals surface area contributed by atoms with Crippen LogP contribution in [0.15, 0.2) is 336 Å². The van der Waals surface area contributed by atoms with Gasteiger partial charge in [0.15, 0.2) is 22.8 Å². The molecule has 0 aliphatic carbocycles. The summed E-state index contributed by atoms with van der Waals surface area (Å²) in [5, 5.41) is 2.28. The zero-order chi connectivity index (χ0) is 70.0. The van der Waals surface area contributed by atoms with Crippen molar-refractivity contribution in [2.24, 2.45) is 0 Å². The Labute approximate surface area is 608 Å². The van der Waals surface area contributed by atoms with Crippen LogP contribution < -0.4 is 28.0 Å². The minimum absolute atomic E-state index is 0. The van der Waals surface area contributed by atoms with E-state index in [4.69, 9.17) is 0 Å². The van der Waals surface area contributed by atoms with E-state index in [1.807, 2.05) is 48.5 Å². The van der Waals surface area contributed by atoms with E-state index in [-0.39, 0.29) is 50.3 Å². The van der Waals surface area contributed by atoms with Crippen LogP contribution in [0.2, 0.25) is 0 Å². The van der Waals surface area contributed by atoms with Gasteiger partial charge in [0.2, 0.25) is 0 Å². The van der Waals surface area contributed by atoms with Crippen molar-refractivity contribution in [2.45, 2.75) is 14.7 Å². The van der Waals surface area contributed by atoms with Crippen LogP contribution in [-0.4, -0.2) is 77.5 Å². The molecular formula is C72H71LaN11O9P3S3. The Morgan fingerprint density at radius 3 is 0.606 bits per heavy atom. The molecule has 0 atom stereocenters. The summed E-state index contributed by atoms with van der Waals surface area (Å²) >= 11 is 0. The van der Waals surface area contributed by atoms with Gasteiger partial charge in [-0.3, -0.25) is 23.7 Å². The van der Waals surface area contributed by atoms with Gasteiger partial charge in [0.05, 0.1) is 11.0 Å². The van der Waals surface area contributed by atoms with Crippen LogP contribution in [0, 0.1) is 35.6 Å². The molecule has 12 aromatic rings. The minimum atomic E-state index is -4.15. The average molecular weight is 1560 g/mol. The SMILES string of the molecule is CN(c1ccccc1)P(=O)([N-]S(=O)(=O)c1ccccc1)N(C)c1ccccc1.CN(c1ccccc1)P(=O)([N-]S(=O)(=O)c1ccccc1)N(C)c1ccccc1.CN(c1ccccc1)P(=O)([N-]S(=O)(=O)c1ccccc1)N(C)c1ccccc1.[La+3].c1cnc2c(c1)ccc1cccnc12. The van der Waals surface area contributed by atoms with Crippen LogP contribution in [0.25, 0.3) is 35.3 Å². The second-order valence-electron chi connectivity index (χ2n) is 21.5. The third-order valence-corrected chi connectivity index (χ3v) is 29.0. The van der Waals surface area contributed by atoms with Gasteiger partial charge >= 0.3 is 35.6 Å². The van der Waals surface area contributed by atoms with Gasteiger partial charge < -0.3 is 41.5 Å². The van der Waals surface area contributed by atoms with E-state index in [1.165, 1.54) is 64.4 Å². The van der Waals surface area contributed by atoms with Crippen LogP contribution in [0.4, 0.5) is 34.1 Å². The van der Waals surface area contributed by atoms with Crippen LogP contribution in [0.3, 0.4) is 0 Å². The second kappa shape index (κ2) is 34.5. The fourth-order valence-electron chi connectivity index (χ4n) is 9.72. The molecule has 504 valence electrons. The van der Waals surface area contributed by atoms with Gasteiger partial charge in [-0.15, -0.1) is 0 Å². The van der Waals surface area contributed by atoms with E-state index in [0.29, 0.717) is 34.1 Å². The number of anilines is 6. The van der Waals surface area contributed by atoms with Gasteiger partial charge in [0.1, 0.15) is 30.1 Å². The summed E-state index contributed by atoms with van der Waals surface area (Å²) in [6, 6.07) is 89.2. The molecule has 0 saturated carbocycles. The first-order valence-electron chi connectivity index (χ1n) is 30.3. The molecule has 0 N–H and O–H groups in total. The molecule has 0 aliphatic heterocycles. The Morgan fingerprint density at radius 2 is 0.424 bits per heavy atom. The summed E-state index contributed by atoms with van der Waals surface area (Å²) < 4.78 is 140. The monoisotopic (exact) mass is 1560 g/mol. The van der Waals surface area contributed by atoms with Crippen molar-refractivity contribution < 1.29 is 74.5 Å². The Hall–Kier alpha value is -8.57. The van der Waals surface area contributed by atoms with Gasteiger partial charge in [0, 0.05) is 114 Å². The molecular weight excluding hydrogens is 1490 g/mol. The number of hydrogen-bond donors (Lipinski definition) is 0. The van der Waals surface area contributed by atoms with Gasteiger partial charge in [-0.1, -0.05) is 188 Å². The predicted molar refractivity (Wildman–Crippen MR) is 400 cm³/mol. The molecule has 2 heterocycles. The van der Waals surface area contributed by atoms with E-state index < -0.39 is 52.9 Å². The Balaban J connectivity index is 0.000000171. The van der Waals surface area contributed by atoms with E-state index in [2.05, 4.69) is 47.7 Å². The molecule has 2 aromatic heterocycles. The number of pyridine rings is 2. The maximum atomic E-state index is 14.1. The van der Waals surface area contributed by atoms with E-state index in [9.17, 15) is 38.9 Å². The van der Waals surface area contributed by atoms with Crippen molar-refractivity contribution in [3.63, 3.8) is 0 Å². The number of nitrogens with zero attached hydrogens (tertiary/aromatic N) is 11. The zero-order valence-electron chi connectivity index (χ0n) is 54.8. The van der Waals surface area contributed by atoms with Crippen LogP contribution in [0.1, 0.15) is 0 Å². The van der Waals surface area contributed by atoms with Crippen LogP contribution >= 0.6 is 22.8 Å². The maximum Gasteiger partial charge on any atom is 3.00 e. The number of sulfonamides is 3. The predicted octanol–water partition coefficient (Wildman–Crippen LogP) is 18.2. The summed E-state index contributed by atoms with van der Waals surface area (Å²) in [4.78, 5) is 8.69. The Bertz CT molecular complexity index is 4440. The van der Waals surface area contributed by atoms with Crippen LogP contribution in [0.5, 0.6) is 0 Å². The van der Waals surface area contributed by atoms with Crippen molar-refractivity contribution in [3.05, 3.63) is 335 Å². The molecule has 0 bridgehead atoms. The molecule has 0 amide bonds. The first-order valence-corrected chi connectivity index (χ1v) is 39.3. The summed E-state index contributed by atoms with van der Waals surface area (Å²) in [6.45, 7) is 0. The van der Waals surface area contributed by atoms with Crippen molar-refractivity contribution in [2.75, 3.05) is 70.3 Å². The molecule has 0 fully saturated rings. The molecule has 0 unspecified atom stereocenters. The van der Waals surface area contributed by atoms with Gasteiger partial charge in [-0.25, -0.2) is 25.3 Å². The number of rotatable bonds is 21. The summed E-state index contributed by atoms with van der Waals surface area (Å²) in [5.41, 5.74) is 5.54. The molecule has 27 heteroatoms. The molecule has 99 heavy (non-hydrogen) atoms. The molecule has 10 aromatic carbocycles. The fraction of sp³-hybridized carbons (Fsp3) is 0.0833. The number of benzene rings is 10. The molecule has 12 rings (SSSR count). The zero-order valence-corrected chi connectivity index (χ0v) is 63.6. The molecule has 0 radical (unpaired) electrons. The van der Waals surface area contributed by atoms with Gasteiger partial charge in [-0.05, 0) is 121 Å². The Morgan fingerprint density at radius 1 is 0.253 bits per heavy atom. The number of fused-ring (bicyclic) bond motifs is 3. The largest absolute Gasteiger partial charge is 3.00 e. The van der Waals surface area contributed by atoms with E-state index >= 15 is 0 Å². The minimum Gasteiger partial charge on any atom is -0.450 e. The third-order valence-electron chi connectivity index (χ3n) is 15.2. The van der Waals surface area contributed by atoms with Crippen molar-refractivity contribution >= 4 is 109 Å². The molecule has 0 aliphatic rings. The quantitative estimate of drug-likeness (QED) is 0.0480. The number of hydrogen-bond acceptors (Lipinski definition) is 11. The van der Waals surface area contributed by atoms with Crippen molar-refractivity contribution in [3.8, 4) is 0 Å². The molecule has 0 saturated heterocycles. The first-order chi connectivity index (χ1) is 47.0. The Kier molecular flexibility index (Phi) is 26.5. The smallest absolute Gasteiger partial charge is 0.450 e. The summed E-state index contributed by atoms with van der Waals surface area (Å²) in [5.74, 6) is 0. The second-order valence-corrected chi connectivity index (χ2v) is 34.4. The van der Waals surface area contributed by atoms with E-state index in [0.717, 1.165) is 21.8 Å². The fourth-order valence-corrected chi connectivity index (χ4v) is 22.2. The normalized spacial score (nSPS) is 11.5. The van der Waals surface area contributed by atoms with Gasteiger partial charge in [-0.2, -0.15) is 0 Å². The third kappa shape index (κ3) is 18.9. The number of para-hydroxylation sites is 6. The molecule has 0 spiro atoms. The maximum absolute atomic E-state index is 14.1. The van der Waals surface area contributed by atoms with Crippen LogP contribution in [-0.2, 0) is 43.8 Å². The standard InChI is InChI=1S/3C20H21N3O3PS.C12H8N2.La/c3*1-22(18-12-6-3-7-13-18)27(24,23(2)19-14-8-4-9-15-19)21-28(25,26)20-16-10-5-11-17-20;1-3-9-5-6-10-4-2-8-14-12(10)11(9)13-7-1;/h3*3-17H,1-2H3;1-8H;/q3*-1;;+3. The first kappa shape index (κ1) is 76.2. The summed E-state index contributed by atoms with van der Waals surface area (Å²) in [7, 11) is -14.7. The van der Waals surface area contributed by atoms with Crippen molar-refractivity contribution in [1.29, 1.82) is 0 Å². The average Bonchev–Trinajstić information content (AvgIpc) is 0.784.